The first-order chi connectivity index (χ1) is 10.2. The predicted octanol–water partition coefficient (Wildman–Crippen LogP) is 2.05. The van der Waals surface area contributed by atoms with Crippen LogP contribution in [0.25, 0.3) is 0 Å². The van der Waals surface area contributed by atoms with Crippen LogP contribution in [0, 0.1) is 11.2 Å². The minimum Gasteiger partial charge on any atom is -0.481 e. The number of halogens is 1. The van der Waals surface area contributed by atoms with Crippen LogP contribution < -0.4 is 5.73 Å². The van der Waals surface area contributed by atoms with E-state index in [1.165, 1.54) is 31.2 Å². The number of benzene rings is 1. The molecule has 0 heterocycles. The topological polar surface area (TPSA) is 101 Å². The molecule has 0 aliphatic heterocycles. The lowest BCUT2D eigenvalue weighted by Crippen LogP contribution is -2.45. The van der Waals surface area contributed by atoms with Gasteiger partial charge in [-0.1, -0.05) is 18.2 Å². The van der Waals surface area contributed by atoms with Crippen molar-refractivity contribution in [2.24, 2.45) is 11.1 Å². The minimum atomic E-state index is -1.52. The van der Waals surface area contributed by atoms with E-state index in [0.29, 0.717) is 11.1 Å². The van der Waals surface area contributed by atoms with Gasteiger partial charge in [-0.05, 0) is 43.0 Å². The molecule has 1 aromatic rings. The zero-order chi connectivity index (χ0) is 16.5. The fourth-order valence-corrected chi connectivity index (χ4v) is 3.04. The summed E-state index contributed by atoms with van der Waals surface area (Å²) in [7, 11) is 0. The molecule has 0 saturated heterocycles. The summed E-state index contributed by atoms with van der Waals surface area (Å²) in [6, 6.07) is 3.74. The quantitative estimate of drug-likeness (QED) is 0.739. The molecule has 0 radical (unpaired) electrons. The Labute approximate surface area is 127 Å². The van der Waals surface area contributed by atoms with E-state index in [4.69, 9.17) is 5.73 Å². The molecule has 0 spiro atoms. The molecule has 0 amide bonds. The monoisotopic (exact) mass is 307 g/mol. The van der Waals surface area contributed by atoms with Crippen molar-refractivity contribution in [2.75, 3.05) is 0 Å². The molecular formula is C16H18FNO4. The van der Waals surface area contributed by atoms with Gasteiger partial charge < -0.3 is 15.9 Å². The first kappa shape index (κ1) is 16.2. The lowest BCUT2D eigenvalue weighted by molar-refractivity contribution is -0.152. The van der Waals surface area contributed by atoms with Gasteiger partial charge in [-0.2, -0.15) is 0 Å². The van der Waals surface area contributed by atoms with E-state index in [0.717, 1.165) is 0 Å². The van der Waals surface area contributed by atoms with E-state index in [2.05, 4.69) is 0 Å². The zero-order valence-electron chi connectivity index (χ0n) is 12.2. The highest BCUT2D eigenvalue weighted by atomic mass is 19.1. The Morgan fingerprint density at radius 2 is 2.00 bits per heavy atom. The van der Waals surface area contributed by atoms with Gasteiger partial charge in [0.1, 0.15) is 11.2 Å². The van der Waals surface area contributed by atoms with Crippen molar-refractivity contribution in [3.05, 3.63) is 47.3 Å². The molecule has 1 aliphatic rings. The highest BCUT2D eigenvalue weighted by Gasteiger charge is 2.50. The molecular weight excluding hydrogens is 289 g/mol. The maximum atomic E-state index is 13.4. The van der Waals surface area contributed by atoms with E-state index in [9.17, 15) is 24.2 Å². The predicted molar refractivity (Wildman–Crippen MR) is 77.7 cm³/mol. The molecule has 5 nitrogen and oxygen atoms in total. The summed E-state index contributed by atoms with van der Waals surface area (Å²) in [6.45, 7) is 1.49. The van der Waals surface area contributed by atoms with Gasteiger partial charge >= 0.3 is 11.9 Å². The molecule has 0 fully saturated rings. The summed E-state index contributed by atoms with van der Waals surface area (Å²) in [6.07, 6.45) is 3.19. The number of nitrogens with two attached hydrogens (primary N) is 1. The van der Waals surface area contributed by atoms with Gasteiger partial charge in [0.15, 0.2) is 0 Å². The summed E-state index contributed by atoms with van der Waals surface area (Å²) in [5.74, 6) is -2.73. The maximum absolute atomic E-state index is 13.4. The number of carboxylic acids is 2. The smallest absolute Gasteiger partial charge is 0.318 e. The van der Waals surface area contributed by atoms with Crippen molar-refractivity contribution in [1.29, 1.82) is 0 Å². The van der Waals surface area contributed by atoms with E-state index in [1.807, 2.05) is 0 Å². The largest absolute Gasteiger partial charge is 0.481 e. The molecule has 4 N–H and O–H groups in total. The Kier molecular flexibility index (Phi) is 4.06. The van der Waals surface area contributed by atoms with Crippen LogP contribution in [0.15, 0.2) is 30.4 Å². The van der Waals surface area contributed by atoms with E-state index in [1.54, 1.807) is 6.08 Å². The van der Waals surface area contributed by atoms with Crippen LogP contribution in [0.2, 0.25) is 0 Å². The Balaban J connectivity index is 2.65. The third-order valence-electron chi connectivity index (χ3n) is 4.31. The Bertz CT molecular complexity index is 658. The van der Waals surface area contributed by atoms with Crippen LogP contribution >= 0.6 is 0 Å². The molecule has 1 aromatic carbocycles. The molecule has 2 unspecified atom stereocenters. The molecule has 0 bridgehead atoms. The van der Waals surface area contributed by atoms with E-state index in [-0.39, 0.29) is 19.4 Å². The summed E-state index contributed by atoms with van der Waals surface area (Å²) in [5, 5.41) is 19.2. The highest BCUT2D eigenvalue weighted by molar-refractivity contribution is 5.87. The molecule has 6 heteroatoms. The van der Waals surface area contributed by atoms with E-state index >= 15 is 0 Å². The van der Waals surface area contributed by atoms with Gasteiger partial charge in [-0.25, -0.2) is 4.39 Å². The van der Waals surface area contributed by atoms with Crippen LogP contribution in [0.3, 0.4) is 0 Å². The first-order valence-electron chi connectivity index (χ1n) is 6.89. The fraction of sp³-hybridized carbons (Fsp3) is 0.375. The Morgan fingerprint density at radius 3 is 2.55 bits per heavy atom. The van der Waals surface area contributed by atoms with Gasteiger partial charge in [0.05, 0.1) is 5.41 Å². The zero-order valence-corrected chi connectivity index (χ0v) is 12.2. The average Bonchev–Trinajstić information content (AvgIpc) is 2.46. The fourth-order valence-electron chi connectivity index (χ4n) is 3.04. The third kappa shape index (κ3) is 2.50. The molecule has 0 aromatic heterocycles. The summed E-state index contributed by atoms with van der Waals surface area (Å²) in [5.41, 5.74) is 3.59. The normalized spacial score (nSPS) is 27.6. The molecule has 2 atom stereocenters. The van der Waals surface area contributed by atoms with Crippen LogP contribution in [0.4, 0.5) is 4.39 Å². The summed E-state index contributed by atoms with van der Waals surface area (Å²) in [4.78, 5) is 23.5. The molecule has 118 valence electrons. The highest BCUT2D eigenvalue weighted by Crippen LogP contribution is 2.45. The van der Waals surface area contributed by atoms with Crippen molar-refractivity contribution in [2.45, 2.75) is 31.7 Å². The maximum Gasteiger partial charge on any atom is 0.318 e. The number of aliphatic carboxylic acids is 2. The lowest BCUT2D eigenvalue weighted by atomic mass is 9.62. The van der Waals surface area contributed by atoms with Gasteiger partial charge in [0.25, 0.3) is 0 Å². The molecule has 1 aliphatic carbocycles. The standard InChI is InChI=1S/C16H18FNO4/c1-15(13(19)20)5-2-6-16(9-15,14(21)22)12-4-3-11(17)7-10(12)8-18/h2-4,6-7H,5,8-9,18H2,1H3,(H,19,20)(H,21,22). The van der Waals surface area contributed by atoms with Crippen molar-refractivity contribution in [3.63, 3.8) is 0 Å². The minimum absolute atomic E-state index is 0.0280. The van der Waals surface area contributed by atoms with Crippen LogP contribution in [0.1, 0.15) is 30.9 Å². The van der Waals surface area contributed by atoms with Crippen LogP contribution in [-0.2, 0) is 21.5 Å². The number of hydrogen-bond acceptors (Lipinski definition) is 3. The number of allylic oxidation sites excluding steroid dienone is 1. The van der Waals surface area contributed by atoms with E-state index < -0.39 is 28.6 Å². The second-order valence-corrected chi connectivity index (χ2v) is 5.93. The summed E-state index contributed by atoms with van der Waals surface area (Å²) < 4.78 is 13.4. The van der Waals surface area contributed by atoms with Gasteiger partial charge in [-0.15, -0.1) is 0 Å². The Hall–Kier alpha value is -2.21. The van der Waals surface area contributed by atoms with Crippen LogP contribution in [0.5, 0.6) is 0 Å². The number of carbonyl (C=O) groups is 2. The molecule has 2 rings (SSSR count). The van der Waals surface area contributed by atoms with Crippen molar-refractivity contribution < 1.29 is 24.2 Å². The van der Waals surface area contributed by atoms with Crippen molar-refractivity contribution in [3.8, 4) is 0 Å². The number of hydrogen-bond donors (Lipinski definition) is 3. The summed E-state index contributed by atoms with van der Waals surface area (Å²) >= 11 is 0. The second kappa shape index (κ2) is 5.53. The SMILES string of the molecule is CC1(C(=O)O)CC=CC(C(=O)O)(c2ccc(F)cc2CN)C1. The molecule has 22 heavy (non-hydrogen) atoms. The third-order valence-corrected chi connectivity index (χ3v) is 4.31. The first-order valence-corrected chi connectivity index (χ1v) is 6.89. The number of carboxylic acid groups (broad SMARTS) is 2. The van der Waals surface area contributed by atoms with Gasteiger partial charge in [0.2, 0.25) is 0 Å². The second-order valence-electron chi connectivity index (χ2n) is 5.93. The van der Waals surface area contributed by atoms with Gasteiger partial charge in [-0.3, -0.25) is 9.59 Å². The van der Waals surface area contributed by atoms with Crippen molar-refractivity contribution in [1.82, 2.24) is 0 Å². The van der Waals surface area contributed by atoms with Crippen molar-refractivity contribution >= 4 is 11.9 Å². The van der Waals surface area contributed by atoms with Crippen LogP contribution in [-0.4, -0.2) is 22.2 Å². The lowest BCUT2D eigenvalue weighted by Gasteiger charge is -2.39. The Morgan fingerprint density at radius 1 is 1.32 bits per heavy atom. The average molecular weight is 307 g/mol. The number of rotatable bonds is 4. The molecule has 0 saturated carbocycles. The van der Waals surface area contributed by atoms with Gasteiger partial charge in [0, 0.05) is 6.54 Å².